The molecule has 10 heteroatoms. The molecule has 1 heterocycles. The van der Waals surface area contributed by atoms with Crippen molar-refractivity contribution in [1.29, 1.82) is 0 Å². The van der Waals surface area contributed by atoms with Crippen molar-refractivity contribution in [2.24, 2.45) is 11.5 Å². The molecule has 1 unspecified atom stereocenters. The van der Waals surface area contributed by atoms with E-state index in [-0.39, 0.29) is 23.1 Å². The highest BCUT2D eigenvalue weighted by molar-refractivity contribution is 6.16. The summed E-state index contributed by atoms with van der Waals surface area (Å²) < 4.78 is 48.5. The van der Waals surface area contributed by atoms with Crippen LogP contribution in [0.2, 0.25) is 0 Å². The van der Waals surface area contributed by atoms with Gasteiger partial charge in [-0.05, 0) is 68.5 Å². The average molecular weight is 572 g/mol. The highest BCUT2D eigenvalue weighted by atomic mass is 19.4. The first-order chi connectivity index (χ1) is 19.0. The normalized spacial score (nSPS) is 17.0. The van der Waals surface area contributed by atoms with E-state index in [1.807, 2.05) is 32.9 Å². The molecule has 4 N–H and O–H groups in total. The molecule has 7 nitrogen and oxygen atoms in total. The van der Waals surface area contributed by atoms with Crippen LogP contribution in [-0.4, -0.2) is 28.6 Å². The molecule has 0 fully saturated rings. The number of halogens is 3. The first kappa shape index (κ1) is 31.3. The van der Waals surface area contributed by atoms with E-state index < -0.39 is 35.4 Å². The van der Waals surface area contributed by atoms with Crippen LogP contribution in [0.1, 0.15) is 81.4 Å². The van der Waals surface area contributed by atoms with Gasteiger partial charge in [0, 0.05) is 11.3 Å². The molecule has 2 aromatic carbocycles. The zero-order chi connectivity index (χ0) is 30.7. The van der Waals surface area contributed by atoms with Crippen LogP contribution >= 0.6 is 0 Å². The molecule has 41 heavy (non-hydrogen) atoms. The standard InChI is InChI=1S/C31H36F3N3O4/c1-7-22(35)14-17-24(36)37-26(20-12-15-23(16-13-20)40-31(32,33)34)25(28(29(37)39)41-30(4,5)6)27(38)21-10-8-19(9-11-21)18(2)3/h8-18,26H,7,35-36H2,1-6H3/b22-14-,24-17+. The van der Waals surface area contributed by atoms with Gasteiger partial charge in [-0.1, -0.05) is 57.2 Å². The summed E-state index contributed by atoms with van der Waals surface area (Å²) in [7, 11) is 0. The number of alkyl halides is 3. The average Bonchev–Trinajstić information content (AvgIpc) is 3.16. The zero-order valence-electron chi connectivity index (χ0n) is 24.0. The molecule has 0 spiro atoms. The summed E-state index contributed by atoms with van der Waals surface area (Å²) in [5.41, 5.74) is 13.6. The third kappa shape index (κ3) is 7.71. The summed E-state index contributed by atoms with van der Waals surface area (Å²) in [6, 6.07) is 10.8. The minimum atomic E-state index is -4.88. The van der Waals surface area contributed by atoms with Crippen LogP contribution in [0, 0.1) is 0 Å². The van der Waals surface area contributed by atoms with Crippen molar-refractivity contribution in [3.05, 3.63) is 100 Å². The van der Waals surface area contributed by atoms with Gasteiger partial charge >= 0.3 is 6.36 Å². The zero-order valence-corrected chi connectivity index (χ0v) is 24.0. The lowest BCUT2D eigenvalue weighted by Crippen LogP contribution is -2.35. The Bertz CT molecular complexity index is 1370. The highest BCUT2D eigenvalue weighted by Crippen LogP contribution is 2.43. The van der Waals surface area contributed by atoms with Crippen LogP contribution in [0.5, 0.6) is 5.75 Å². The van der Waals surface area contributed by atoms with Crippen LogP contribution in [0.25, 0.3) is 0 Å². The Morgan fingerprint density at radius 2 is 1.56 bits per heavy atom. The van der Waals surface area contributed by atoms with E-state index in [2.05, 4.69) is 4.74 Å². The third-order valence-corrected chi connectivity index (χ3v) is 6.27. The molecular formula is C31H36F3N3O4. The minimum absolute atomic E-state index is 0.00973. The second-order valence-corrected chi connectivity index (χ2v) is 10.9. The Morgan fingerprint density at radius 3 is 2.05 bits per heavy atom. The summed E-state index contributed by atoms with van der Waals surface area (Å²) >= 11 is 0. The number of rotatable bonds is 9. The number of hydrogen-bond acceptors (Lipinski definition) is 6. The molecule has 0 saturated carbocycles. The number of nitrogens with zero attached hydrogens (tertiary/aromatic N) is 1. The van der Waals surface area contributed by atoms with Crippen molar-refractivity contribution < 1.29 is 32.2 Å². The maximum Gasteiger partial charge on any atom is 0.573 e. The smallest absolute Gasteiger partial charge is 0.482 e. The van der Waals surface area contributed by atoms with Crippen LogP contribution in [0.15, 0.2) is 83.5 Å². The molecule has 1 atom stereocenters. The Balaban J connectivity index is 2.24. The van der Waals surface area contributed by atoms with E-state index in [9.17, 15) is 22.8 Å². The summed E-state index contributed by atoms with van der Waals surface area (Å²) in [6.45, 7) is 11.1. The van der Waals surface area contributed by atoms with E-state index in [0.29, 0.717) is 23.2 Å². The topological polar surface area (TPSA) is 108 Å². The number of ketones is 1. The predicted molar refractivity (Wildman–Crippen MR) is 150 cm³/mol. The molecule has 1 aliphatic heterocycles. The fourth-order valence-corrected chi connectivity index (χ4v) is 4.23. The highest BCUT2D eigenvalue weighted by Gasteiger charge is 2.47. The molecule has 1 aliphatic rings. The van der Waals surface area contributed by atoms with Crippen LogP contribution < -0.4 is 16.2 Å². The second kappa shape index (κ2) is 12.1. The first-order valence-corrected chi connectivity index (χ1v) is 13.2. The van der Waals surface area contributed by atoms with Gasteiger partial charge in [0.15, 0.2) is 11.5 Å². The largest absolute Gasteiger partial charge is 0.573 e. The lowest BCUT2D eigenvalue weighted by molar-refractivity contribution is -0.274. The van der Waals surface area contributed by atoms with E-state index in [0.717, 1.165) is 17.7 Å². The van der Waals surface area contributed by atoms with Crippen LogP contribution in [0.3, 0.4) is 0 Å². The number of amides is 1. The monoisotopic (exact) mass is 571 g/mol. The van der Waals surface area contributed by atoms with Gasteiger partial charge in [0.05, 0.1) is 11.6 Å². The van der Waals surface area contributed by atoms with Gasteiger partial charge in [0.1, 0.15) is 17.2 Å². The van der Waals surface area contributed by atoms with E-state index in [1.165, 1.54) is 23.1 Å². The fraction of sp³-hybridized carbons (Fsp3) is 0.355. The predicted octanol–water partition coefficient (Wildman–Crippen LogP) is 6.60. The van der Waals surface area contributed by atoms with Crippen molar-refractivity contribution in [1.82, 2.24) is 4.90 Å². The Kier molecular flexibility index (Phi) is 9.26. The molecule has 2 aromatic rings. The quantitative estimate of drug-likeness (QED) is 0.260. The molecule has 0 aromatic heterocycles. The molecule has 0 radical (unpaired) electrons. The molecule has 0 saturated heterocycles. The number of hydrogen-bond donors (Lipinski definition) is 2. The third-order valence-electron chi connectivity index (χ3n) is 6.27. The molecule has 3 rings (SSSR count). The Labute approximate surface area is 238 Å². The number of carbonyl (C=O) groups is 2. The number of benzene rings is 2. The summed E-state index contributed by atoms with van der Waals surface area (Å²) in [4.78, 5) is 29.2. The van der Waals surface area contributed by atoms with Crippen molar-refractivity contribution in [2.75, 3.05) is 0 Å². The van der Waals surface area contributed by atoms with Gasteiger partial charge in [-0.15, -0.1) is 13.2 Å². The fourth-order valence-electron chi connectivity index (χ4n) is 4.23. The van der Waals surface area contributed by atoms with Gasteiger partial charge in [0.25, 0.3) is 5.91 Å². The van der Waals surface area contributed by atoms with Crippen LogP contribution in [-0.2, 0) is 9.53 Å². The minimum Gasteiger partial charge on any atom is -0.482 e. The molecular weight excluding hydrogens is 535 g/mol. The molecule has 0 aliphatic carbocycles. The molecule has 220 valence electrons. The van der Waals surface area contributed by atoms with Gasteiger partial charge in [-0.25, -0.2) is 0 Å². The summed E-state index contributed by atoms with van der Waals surface area (Å²) in [5, 5.41) is 0. The molecule has 0 bridgehead atoms. The SMILES string of the molecule is CC/C(N)=C/C=C(\N)N1C(=O)C(OC(C)(C)C)=C(C(=O)c2ccc(C(C)C)cc2)C1c1ccc(OC(F)(F)F)cc1. The number of nitrogens with two attached hydrogens (primary N) is 2. The summed E-state index contributed by atoms with van der Waals surface area (Å²) in [6.07, 6.45) is -1.35. The van der Waals surface area contributed by atoms with E-state index in [4.69, 9.17) is 16.2 Å². The maximum absolute atomic E-state index is 14.1. The number of carbonyl (C=O) groups excluding carboxylic acids is 2. The van der Waals surface area contributed by atoms with Crippen LogP contribution in [0.4, 0.5) is 13.2 Å². The number of ether oxygens (including phenoxy) is 2. The molecule has 1 amide bonds. The van der Waals surface area contributed by atoms with Gasteiger partial charge in [0.2, 0.25) is 0 Å². The van der Waals surface area contributed by atoms with Crippen molar-refractivity contribution >= 4 is 11.7 Å². The second-order valence-electron chi connectivity index (χ2n) is 10.9. The van der Waals surface area contributed by atoms with E-state index >= 15 is 0 Å². The maximum atomic E-state index is 14.1. The van der Waals surface area contributed by atoms with Gasteiger partial charge in [-0.3, -0.25) is 14.5 Å². The number of allylic oxidation sites excluding steroid dienone is 3. The van der Waals surface area contributed by atoms with Crippen molar-refractivity contribution in [3.63, 3.8) is 0 Å². The van der Waals surface area contributed by atoms with Crippen molar-refractivity contribution in [3.8, 4) is 5.75 Å². The first-order valence-electron chi connectivity index (χ1n) is 13.2. The summed E-state index contributed by atoms with van der Waals surface area (Å²) in [5.74, 6) is -1.58. The van der Waals surface area contributed by atoms with Gasteiger partial charge in [-0.2, -0.15) is 0 Å². The lowest BCUT2D eigenvalue weighted by atomic mass is 9.91. The lowest BCUT2D eigenvalue weighted by Gasteiger charge is -2.27. The van der Waals surface area contributed by atoms with E-state index in [1.54, 1.807) is 39.0 Å². The van der Waals surface area contributed by atoms with Gasteiger partial charge < -0.3 is 20.9 Å². The van der Waals surface area contributed by atoms with Crippen molar-refractivity contribution in [2.45, 2.75) is 71.9 Å². The Hall–Kier alpha value is -4.21. The Morgan fingerprint density at radius 1 is 0.976 bits per heavy atom. The number of Topliss-reactive ketones (excluding diaryl/α,β-unsaturated/α-hetero) is 1.